The number of carbonyl (C=O) groups excluding carboxylic acids is 2. The third kappa shape index (κ3) is 5.00. The summed E-state index contributed by atoms with van der Waals surface area (Å²) in [7, 11) is 0. The smallest absolute Gasteiger partial charge is 0.316 e. The first-order valence-electron chi connectivity index (χ1n) is 4.56. The third-order valence-electron chi connectivity index (χ3n) is 1.91. The van der Waals surface area contributed by atoms with E-state index < -0.39 is 17.4 Å². The molecule has 0 amide bonds. The molecule has 0 aromatic carbocycles. The van der Waals surface area contributed by atoms with Gasteiger partial charge in [-0.15, -0.1) is 0 Å². The highest BCUT2D eigenvalue weighted by molar-refractivity contribution is 5.77. The van der Waals surface area contributed by atoms with Crippen molar-refractivity contribution in [3.8, 4) is 0 Å². The van der Waals surface area contributed by atoms with Crippen LogP contribution in [0.3, 0.4) is 0 Å². The summed E-state index contributed by atoms with van der Waals surface area (Å²) in [5.74, 6) is -0.826. The van der Waals surface area contributed by atoms with Crippen LogP contribution >= 0.6 is 0 Å². The van der Waals surface area contributed by atoms with Crippen LogP contribution < -0.4 is 0 Å². The van der Waals surface area contributed by atoms with Crippen LogP contribution in [-0.4, -0.2) is 11.9 Å². The molecule has 0 saturated heterocycles. The van der Waals surface area contributed by atoms with Gasteiger partial charge in [0.1, 0.15) is 0 Å². The van der Waals surface area contributed by atoms with Crippen molar-refractivity contribution >= 4 is 11.9 Å². The molecule has 0 aliphatic rings. The lowest BCUT2D eigenvalue weighted by molar-refractivity contribution is -0.149. The highest BCUT2D eigenvalue weighted by atomic mass is 16.5. The Bertz CT molecular complexity index is 266. The number of carbonyl (C=O) groups is 2. The second-order valence-corrected chi connectivity index (χ2v) is 3.61. The van der Waals surface area contributed by atoms with Crippen molar-refractivity contribution < 1.29 is 19.1 Å². The maximum atomic E-state index is 11.4. The topological polar surface area (TPSA) is 52.6 Å². The lowest BCUT2D eigenvalue weighted by atomic mass is 9.88. The van der Waals surface area contributed by atoms with E-state index in [2.05, 4.69) is 22.6 Å². The van der Waals surface area contributed by atoms with Crippen molar-refractivity contribution in [1.29, 1.82) is 0 Å². The molecular weight excluding hydrogens is 196 g/mol. The summed E-state index contributed by atoms with van der Waals surface area (Å²) in [6, 6.07) is 0. The Kier molecular flexibility index (Phi) is 5.37. The highest BCUT2D eigenvalue weighted by Crippen LogP contribution is 2.24. The second-order valence-electron chi connectivity index (χ2n) is 3.61. The van der Waals surface area contributed by atoms with Crippen LogP contribution in [0.4, 0.5) is 0 Å². The largest absolute Gasteiger partial charge is 0.435 e. The predicted molar refractivity (Wildman–Crippen MR) is 55.6 cm³/mol. The summed E-state index contributed by atoms with van der Waals surface area (Å²) in [4.78, 5) is 22.4. The average Bonchev–Trinajstić information content (AvgIpc) is 2.16. The molecule has 0 N–H and O–H groups in total. The van der Waals surface area contributed by atoms with Gasteiger partial charge >= 0.3 is 11.9 Å². The van der Waals surface area contributed by atoms with Gasteiger partial charge in [-0.2, -0.15) is 0 Å². The molecule has 0 radical (unpaired) electrons. The van der Waals surface area contributed by atoms with E-state index in [1.165, 1.54) is 0 Å². The molecule has 4 nitrogen and oxygen atoms in total. The zero-order chi connectivity index (χ0) is 11.9. The van der Waals surface area contributed by atoms with E-state index in [0.29, 0.717) is 6.42 Å². The lowest BCUT2D eigenvalue weighted by Gasteiger charge is -2.20. The van der Waals surface area contributed by atoms with Gasteiger partial charge in [0.05, 0.1) is 17.9 Å². The van der Waals surface area contributed by atoms with Crippen molar-refractivity contribution in [2.24, 2.45) is 5.41 Å². The number of ether oxygens (including phenoxy) is 2. The predicted octanol–water partition coefficient (Wildman–Crippen LogP) is 2.17. The molecule has 15 heavy (non-hydrogen) atoms. The standard InChI is InChI=1S/C11H16O4/c1-5-14-9(12)7-8-11(3,4)10(13)15-6-2/h5-6H,1-2,7-8H2,3-4H3. The Balaban J connectivity index is 4.13. The minimum absolute atomic E-state index is 0.144. The van der Waals surface area contributed by atoms with Crippen LogP contribution in [0.1, 0.15) is 26.7 Å². The Morgan fingerprint density at radius 2 is 1.73 bits per heavy atom. The van der Waals surface area contributed by atoms with E-state index in [1.807, 2.05) is 0 Å². The molecule has 0 fully saturated rings. The number of rotatable bonds is 6. The molecule has 84 valence electrons. The van der Waals surface area contributed by atoms with E-state index in [9.17, 15) is 9.59 Å². The maximum Gasteiger partial charge on any atom is 0.316 e. The van der Waals surface area contributed by atoms with Gasteiger partial charge in [0, 0.05) is 6.42 Å². The summed E-state index contributed by atoms with van der Waals surface area (Å²) in [5.41, 5.74) is -0.728. The molecule has 0 saturated carbocycles. The Morgan fingerprint density at radius 3 is 2.20 bits per heavy atom. The number of hydrogen-bond donors (Lipinski definition) is 0. The summed E-state index contributed by atoms with van der Waals surface area (Å²) in [6.45, 7) is 9.94. The zero-order valence-electron chi connectivity index (χ0n) is 9.12. The van der Waals surface area contributed by atoms with Crippen molar-refractivity contribution in [2.75, 3.05) is 0 Å². The molecule has 0 unspecified atom stereocenters. The summed E-state index contributed by atoms with van der Waals surface area (Å²) >= 11 is 0. The number of hydrogen-bond acceptors (Lipinski definition) is 4. The Morgan fingerprint density at radius 1 is 1.20 bits per heavy atom. The molecule has 0 heterocycles. The minimum Gasteiger partial charge on any atom is -0.435 e. The van der Waals surface area contributed by atoms with Gasteiger partial charge in [-0.25, -0.2) is 0 Å². The monoisotopic (exact) mass is 212 g/mol. The number of esters is 2. The van der Waals surface area contributed by atoms with E-state index in [1.54, 1.807) is 13.8 Å². The summed E-state index contributed by atoms with van der Waals surface area (Å²) in [5, 5.41) is 0. The molecule has 0 aliphatic carbocycles. The Hall–Kier alpha value is -1.58. The minimum atomic E-state index is -0.728. The first kappa shape index (κ1) is 13.4. The van der Waals surface area contributed by atoms with Crippen LogP contribution in [0, 0.1) is 5.41 Å². The van der Waals surface area contributed by atoms with E-state index >= 15 is 0 Å². The van der Waals surface area contributed by atoms with Gasteiger partial charge in [0.2, 0.25) is 0 Å². The van der Waals surface area contributed by atoms with Crippen molar-refractivity contribution in [1.82, 2.24) is 0 Å². The first-order chi connectivity index (χ1) is 6.94. The van der Waals surface area contributed by atoms with Crippen LogP contribution in [0.5, 0.6) is 0 Å². The molecule has 0 bridgehead atoms. The summed E-state index contributed by atoms with van der Waals surface area (Å²) < 4.78 is 9.18. The molecule has 0 aromatic rings. The second kappa shape index (κ2) is 6.01. The average molecular weight is 212 g/mol. The fourth-order valence-corrected chi connectivity index (χ4v) is 0.904. The van der Waals surface area contributed by atoms with E-state index in [-0.39, 0.29) is 6.42 Å². The first-order valence-corrected chi connectivity index (χ1v) is 4.56. The van der Waals surface area contributed by atoms with Gasteiger partial charge in [0.25, 0.3) is 0 Å². The Labute approximate surface area is 89.6 Å². The van der Waals surface area contributed by atoms with Gasteiger partial charge in [0.15, 0.2) is 0 Å². The highest BCUT2D eigenvalue weighted by Gasteiger charge is 2.29. The molecular formula is C11H16O4. The molecule has 0 aromatic heterocycles. The van der Waals surface area contributed by atoms with Gasteiger partial charge in [-0.05, 0) is 20.3 Å². The lowest BCUT2D eigenvalue weighted by Crippen LogP contribution is -2.26. The summed E-state index contributed by atoms with van der Waals surface area (Å²) in [6.07, 6.45) is 2.64. The molecule has 4 heteroatoms. The maximum absolute atomic E-state index is 11.4. The van der Waals surface area contributed by atoms with Crippen molar-refractivity contribution in [3.05, 3.63) is 25.7 Å². The molecule has 0 aliphatic heterocycles. The van der Waals surface area contributed by atoms with Crippen LogP contribution in [0.25, 0.3) is 0 Å². The van der Waals surface area contributed by atoms with Crippen molar-refractivity contribution in [2.45, 2.75) is 26.7 Å². The van der Waals surface area contributed by atoms with Gasteiger partial charge < -0.3 is 9.47 Å². The fourth-order valence-electron chi connectivity index (χ4n) is 0.904. The van der Waals surface area contributed by atoms with E-state index in [4.69, 9.17) is 0 Å². The zero-order valence-corrected chi connectivity index (χ0v) is 9.12. The van der Waals surface area contributed by atoms with Crippen molar-refractivity contribution in [3.63, 3.8) is 0 Å². The fraction of sp³-hybridized carbons (Fsp3) is 0.455. The quantitative estimate of drug-likeness (QED) is 0.500. The van der Waals surface area contributed by atoms with E-state index in [0.717, 1.165) is 12.5 Å². The van der Waals surface area contributed by atoms with Gasteiger partial charge in [-0.1, -0.05) is 13.2 Å². The molecule has 0 atom stereocenters. The SMILES string of the molecule is C=COC(=O)CCC(C)(C)C(=O)OC=C. The van der Waals surface area contributed by atoms with Gasteiger partial charge in [-0.3, -0.25) is 9.59 Å². The normalized spacial score (nSPS) is 10.3. The van der Waals surface area contributed by atoms with Crippen LogP contribution in [-0.2, 0) is 19.1 Å². The van der Waals surface area contributed by atoms with Crippen LogP contribution in [0.2, 0.25) is 0 Å². The molecule has 0 rings (SSSR count). The van der Waals surface area contributed by atoms with Crippen LogP contribution in [0.15, 0.2) is 25.7 Å². The third-order valence-corrected chi connectivity index (χ3v) is 1.91. The molecule has 0 spiro atoms.